The third-order valence-electron chi connectivity index (χ3n) is 4.35. The van der Waals surface area contributed by atoms with Crippen molar-refractivity contribution in [2.75, 3.05) is 27.1 Å². The van der Waals surface area contributed by atoms with E-state index in [2.05, 4.69) is 14.7 Å². The quantitative estimate of drug-likeness (QED) is 0.534. The molecular formula is C21H18FN3O4S. The van der Waals surface area contributed by atoms with E-state index < -0.39 is 11.9 Å². The van der Waals surface area contributed by atoms with Crippen LogP contribution in [0.15, 0.2) is 40.3 Å². The molecule has 1 aliphatic rings. The summed E-state index contributed by atoms with van der Waals surface area (Å²) in [7, 11) is 2.67. The van der Waals surface area contributed by atoms with Gasteiger partial charge in [0.05, 0.1) is 38.1 Å². The second kappa shape index (κ2) is 9.41. The molecule has 0 spiro atoms. The molecule has 0 radical (unpaired) electrons. The first-order valence-corrected chi connectivity index (χ1v) is 10.1. The van der Waals surface area contributed by atoms with Crippen LogP contribution in [0.3, 0.4) is 0 Å². The van der Waals surface area contributed by atoms with Crippen LogP contribution in [0.25, 0.3) is 0 Å². The van der Waals surface area contributed by atoms with E-state index in [9.17, 15) is 4.79 Å². The van der Waals surface area contributed by atoms with Gasteiger partial charge in [0.15, 0.2) is 11.5 Å². The number of thioether (sulfide) groups is 1. The Labute approximate surface area is 177 Å². The normalized spacial score (nSPS) is 13.3. The average molecular weight is 427 g/mol. The summed E-state index contributed by atoms with van der Waals surface area (Å²) < 4.78 is 30.9. The van der Waals surface area contributed by atoms with Crippen LogP contribution >= 0.6 is 11.8 Å². The van der Waals surface area contributed by atoms with Gasteiger partial charge in [-0.3, -0.25) is 0 Å². The Morgan fingerprint density at radius 3 is 2.63 bits per heavy atom. The number of nitrogens with zero attached hydrogens (tertiary/aromatic N) is 3. The second-order valence-electron chi connectivity index (χ2n) is 6.06. The van der Waals surface area contributed by atoms with Gasteiger partial charge in [-0.25, -0.2) is 14.2 Å². The topological polar surface area (TPSA) is 93.3 Å². The minimum Gasteiger partial charge on any atom is -0.493 e. The maximum absolute atomic E-state index is 15.4. The zero-order chi connectivity index (χ0) is 21.7. The summed E-state index contributed by atoms with van der Waals surface area (Å²) >= 11 is 1.13. The van der Waals surface area contributed by atoms with Gasteiger partial charge in [-0.1, -0.05) is 0 Å². The molecule has 3 rings (SSSR count). The molecule has 0 unspecified atom stereocenters. The minimum absolute atomic E-state index is 0.123. The number of methoxy groups -OCH3 is 2. The molecule has 1 amide bonds. The third-order valence-corrected chi connectivity index (χ3v) is 5.02. The number of hydrogen-bond acceptors (Lipinski definition) is 7. The number of benzene rings is 2. The van der Waals surface area contributed by atoms with E-state index in [1.165, 1.54) is 20.3 Å². The molecule has 154 valence electrons. The predicted octanol–water partition coefficient (Wildman–Crippen LogP) is 4.29. The van der Waals surface area contributed by atoms with Crippen molar-refractivity contribution in [3.63, 3.8) is 0 Å². The molecule has 9 heteroatoms. The molecule has 30 heavy (non-hydrogen) atoms. The lowest BCUT2D eigenvalue weighted by atomic mass is 10.0. The van der Waals surface area contributed by atoms with Gasteiger partial charge in [0.1, 0.15) is 16.6 Å². The van der Waals surface area contributed by atoms with Crippen LogP contribution < -0.4 is 9.47 Å². The van der Waals surface area contributed by atoms with Crippen LogP contribution in [0.1, 0.15) is 16.7 Å². The van der Waals surface area contributed by atoms with Gasteiger partial charge in [0.2, 0.25) is 0 Å². The van der Waals surface area contributed by atoms with Crippen molar-refractivity contribution < 1.29 is 23.4 Å². The molecule has 7 nitrogen and oxygen atoms in total. The number of carbonyl (C=O) groups excluding carboxylic acids is 1. The standard InChI is InChI=1S/C21H18FN3O4S/c1-27-16-10-15(17(22)14-8-9-29-19(14)16)18(20(30-3)25-21(26)28-2)24-13-6-4-12(11-23)5-7-13/h4-7,10H,8-9H2,1-3H3. The smallest absolute Gasteiger partial charge is 0.434 e. The van der Waals surface area contributed by atoms with Crippen LogP contribution in [-0.2, 0) is 11.2 Å². The molecule has 0 aliphatic carbocycles. The van der Waals surface area contributed by atoms with Crippen molar-refractivity contribution in [3.05, 3.63) is 52.8 Å². The van der Waals surface area contributed by atoms with Gasteiger partial charge in [-0.05, 0) is 36.6 Å². The van der Waals surface area contributed by atoms with Crippen LogP contribution in [0.4, 0.5) is 14.9 Å². The Hall–Kier alpha value is -3.38. The van der Waals surface area contributed by atoms with Crippen molar-refractivity contribution in [2.45, 2.75) is 6.42 Å². The fourth-order valence-electron chi connectivity index (χ4n) is 2.92. The average Bonchev–Trinajstić information content (AvgIpc) is 3.27. The maximum atomic E-state index is 15.4. The minimum atomic E-state index is -0.830. The van der Waals surface area contributed by atoms with Crippen molar-refractivity contribution >= 4 is 34.3 Å². The fraction of sp³-hybridized carbons (Fsp3) is 0.238. The van der Waals surface area contributed by atoms with E-state index in [1.54, 1.807) is 30.5 Å². The molecule has 2 aromatic carbocycles. The highest BCUT2D eigenvalue weighted by molar-refractivity contribution is 8.15. The molecule has 0 saturated carbocycles. The van der Waals surface area contributed by atoms with E-state index in [1.807, 2.05) is 6.07 Å². The molecule has 0 aromatic heterocycles. The number of carbonyl (C=O) groups is 1. The summed E-state index contributed by atoms with van der Waals surface area (Å²) in [4.78, 5) is 20.2. The monoisotopic (exact) mass is 427 g/mol. The lowest BCUT2D eigenvalue weighted by Gasteiger charge is -2.14. The van der Waals surface area contributed by atoms with Crippen LogP contribution in [-0.4, -0.2) is 43.9 Å². The predicted molar refractivity (Wildman–Crippen MR) is 113 cm³/mol. The summed E-state index contributed by atoms with van der Waals surface area (Å²) in [5.41, 5.74) is 1.58. The number of rotatable bonds is 4. The van der Waals surface area contributed by atoms with E-state index in [-0.39, 0.29) is 16.3 Å². The highest BCUT2D eigenvalue weighted by Gasteiger charge is 2.28. The van der Waals surface area contributed by atoms with E-state index >= 15 is 4.39 Å². The summed E-state index contributed by atoms with van der Waals surface area (Å²) in [6.45, 7) is 0.347. The van der Waals surface area contributed by atoms with Crippen LogP contribution in [0.5, 0.6) is 11.5 Å². The van der Waals surface area contributed by atoms with Gasteiger partial charge in [-0.2, -0.15) is 10.3 Å². The highest BCUT2D eigenvalue weighted by Crippen LogP contribution is 2.40. The van der Waals surface area contributed by atoms with E-state index in [4.69, 9.17) is 14.7 Å². The largest absolute Gasteiger partial charge is 0.493 e. The third kappa shape index (κ3) is 4.28. The van der Waals surface area contributed by atoms with Gasteiger partial charge in [0.25, 0.3) is 0 Å². The molecule has 2 aromatic rings. The Bertz CT molecular complexity index is 1080. The number of ether oxygens (including phenoxy) is 3. The SMILES string of the molecule is COC(=O)N=C(SC)C(=Nc1ccc(C#N)cc1)c1cc(OC)c2c(c1F)CCO2. The van der Waals surface area contributed by atoms with E-state index in [0.717, 1.165) is 11.8 Å². The Morgan fingerprint density at radius 2 is 2.03 bits per heavy atom. The van der Waals surface area contributed by atoms with Gasteiger partial charge < -0.3 is 14.2 Å². The maximum Gasteiger partial charge on any atom is 0.434 e. The molecule has 1 aliphatic heterocycles. The zero-order valence-corrected chi connectivity index (χ0v) is 17.4. The summed E-state index contributed by atoms with van der Waals surface area (Å²) in [5.74, 6) is 0.222. The Morgan fingerprint density at radius 1 is 1.30 bits per heavy atom. The van der Waals surface area contributed by atoms with Gasteiger partial charge in [0, 0.05) is 17.5 Å². The van der Waals surface area contributed by atoms with Crippen LogP contribution in [0.2, 0.25) is 0 Å². The van der Waals surface area contributed by atoms with Crippen molar-refractivity contribution in [1.82, 2.24) is 0 Å². The number of nitriles is 1. The number of aliphatic imine (C=N–C) groups is 2. The van der Waals surface area contributed by atoms with Crippen molar-refractivity contribution in [3.8, 4) is 17.6 Å². The van der Waals surface area contributed by atoms with Crippen molar-refractivity contribution in [2.24, 2.45) is 9.98 Å². The molecule has 0 atom stereocenters. The first kappa shape index (κ1) is 21.3. The molecule has 1 heterocycles. The first-order chi connectivity index (χ1) is 14.5. The first-order valence-electron chi connectivity index (χ1n) is 8.84. The summed E-state index contributed by atoms with van der Waals surface area (Å²) in [6, 6.07) is 9.95. The molecule has 0 N–H and O–H groups in total. The van der Waals surface area contributed by atoms with Crippen LogP contribution in [0, 0.1) is 17.1 Å². The van der Waals surface area contributed by atoms with Gasteiger partial charge in [-0.15, -0.1) is 11.8 Å². The summed E-state index contributed by atoms with van der Waals surface area (Å²) in [6.07, 6.45) is 1.25. The van der Waals surface area contributed by atoms with Gasteiger partial charge >= 0.3 is 6.09 Å². The number of fused-ring (bicyclic) bond motifs is 1. The summed E-state index contributed by atoms with van der Waals surface area (Å²) in [5, 5.41) is 9.16. The highest BCUT2D eigenvalue weighted by atomic mass is 32.2. The van der Waals surface area contributed by atoms with E-state index in [0.29, 0.717) is 41.3 Å². The molecule has 0 saturated heterocycles. The molecular weight excluding hydrogens is 409 g/mol. The second-order valence-corrected chi connectivity index (χ2v) is 6.85. The van der Waals surface area contributed by atoms with Crippen molar-refractivity contribution in [1.29, 1.82) is 5.26 Å². The number of amides is 1. The molecule has 0 fully saturated rings. The Balaban J connectivity index is 2.24. The lowest BCUT2D eigenvalue weighted by molar-refractivity contribution is 0.183. The zero-order valence-electron chi connectivity index (χ0n) is 16.6. The number of halogens is 1. The molecule has 0 bridgehead atoms. The fourth-order valence-corrected chi connectivity index (χ4v) is 3.43. The lowest BCUT2D eigenvalue weighted by Crippen LogP contribution is -2.17. The Kier molecular flexibility index (Phi) is 6.69. The number of hydrogen-bond donors (Lipinski definition) is 0.